The Kier molecular flexibility index (Phi) is 8.10. The molecule has 0 aliphatic carbocycles. The molecule has 0 amide bonds. The predicted molar refractivity (Wildman–Crippen MR) is 123 cm³/mol. The van der Waals surface area contributed by atoms with Gasteiger partial charge in [-0.1, -0.05) is 42.4 Å². The highest BCUT2D eigenvalue weighted by Gasteiger charge is 2.17. The summed E-state index contributed by atoms with van der Waals surface area (Å²) in [5.41, 5.74) is 3.35. The summed E-state index contributed by atoms with van der Waals surface area (Å²) in [6.45, 7) is 5.04. The molecule has 1 aromatic heterocycles. The number of hydrogen-bond acceptors (Lipinski definition) is 4. The van der Waals surface area contributed by atoms with Crippen molar-refractivity contribution in [2.45, 2.75) is 52.2 Å². The van der Waals surface area contributed by atoms with Crippen LogP contribution in [-0.2, 0) is 22.6 Å². The van der Waals surface area contributed by atoms with Gasteiger partial charge >= 0.3 is 5.97 Å². The Bertz CT molecular complexity index is 1030. The quantitative estimate of drug-likeness (QED) is 0.247. The second-order valence-corrected chi connectivity index (χ2v) is 7.53. The first-order valence-electron chi connectivity index (χ1n) is 10.7. The maximum atomic E-state index is 11.1. The maximum Gasteiger partial charge on any atom is 0.344 e. The highest BCUT2D eigenvalue weighted by molar-refractivity contribution is 5.79. The minimum atomic E-state index is -0.936. The molecular weight excluding hydrogens is 392 g/mol. The van der Waals surface area contributed by atoms with Crippen molar-refractivity contribution in [2.24, 2.45) is 5.16 Å². The number of para-hydroxylation sites is 1. The number of aliphatic carboxylic acids is 1. The topological polar surface area (TPSA) is 73.0 Å². The van der Waals surface area contributed by atoms with Crippen LogP contribution in [0.2, 0.25) is 0 Å². The Labute approximate surface area is 183 Å². The maximum absolute atomic E-state index is 11.1. The van der Waals surface area contributed by atoms with E-state index in [1.54, 1.807) is 6.92 Å². The molecule has 3 aromatic rings. The van der Waals surface area contributed by atoms with E-state index in [2.05, 4.69) is 40.2 Å². The number of carboxylic acids is 1. The van der Waals surface area contributed by atoms with Gasteiger partial charge in [-0.3, -0.25) is 0 Å². The molecule has 1 atom stereocenters. The third-order valence-corrected chi connectivity index (χ3v) is 5.21. The number of oxime groups is 1. The number of carbonyl (C=O) groups is 1. The van der Waals surface area contributed by atoms with Crippen LogP contribution in [0.5, 0.6) is 5.75 Å². The molecule has 1 unspecified atom stereocenters. The third-order valence-electron chi connectivity index (χ3n) is 5.21. The van der Waals surface area contributed by atoms with Gasteiger partial charge in [0.25, 0.3) is 0 Å². The van der Waals surface area contributed by atoms with Gasteiger partial charge in [-0.25, -0.2) is 4.79 Å². The lowest BCUT2D eigenvalue weighted by Gasteiger charge is -2.15. The van der Waals surface area contributed by atoms with E-state index >= 15 is 0 Å². The van der Waals surface area contributed by atoms with Gasteiger partial charge in [0, 0.05) is 17.9 Å². The monoisotopic (exact) mass is 422 g/mol. The van der Waals surface area contributed by atoms with Crippen LogP contribution >= 0.6 is 0 Å². The third kappa shape index (κ3) is 6.35. The van der Waals surface area contributed by atoms with Gasteiger partial charge in [0.2, 0.25) is 0 Å². The fourth-order valence-corrected chi connectivity index (χ4v) is 3.49. The summed E-state index contributed by atoms with van der Waals surface area (Å²) in [5, 5.41) is 14.4. The van der Waals surface area contributed by atoms with Crippen molar-refractivity contribution < 1.29 is 19.5 Å². The molecule has 1 N–H and O–H groups in total. The van der Waals surface area contributed by atoms with E-state index in [-0.39, 0.29) is 0 Å². The summed E-state index contributed by atoms with van der Waals surface area (Å²) in [5.74, 6) is -0.308. The average molecular weight is 423 g/mol. The second-order valence-electron chi connectivity index (χ2n) is 7.53. The van der Waals surface area contributed by atoms with Gasteiger partial charge in [-0.05, 0) is 67.3 Å². The van der Waals surface area contributed by atoms with Crippen molar-refractivity contribution in [3.05, 3.63) is 65.9 Å². The van der Waals surface area contributed by atoms with Crippen molar-refractivity contribution in [3.8, 4) is 5.75 Å². The molecule has 0 spiro atoms. The van der Waals surface area contributed by atoms with E-state index < -0.39 is 12.1 Å². The van der Waals surface area contributed by atoms with Crippen LogP contribution in [0.15, 0.2) is 59.9 Å². The van der Waals surface area contributed by atoms with Crippen LogP contribution in [0, 0.1) is 6.92 Å². The number of carboxylic acid groups (broad SMARTS) is 1. The van der Waals surface area contributed by atoms with Gasteiger partial charge in [0.1, 0.15) is 12.4 Å². The molecule has 6 nitrogen and oxygen atoms in total. The van der Waals surface area contributed by atoms with Crippen molar-refractivity contribution in [1.29, 1.82) is 0 Å². The molecule has 164 valence electrons. The number of benzene rings is 2. The number of nitrogens with zero attached hydrogens (tertiary/aromatic N) is 2. The van der Waals surface area contributed by atoms with E-state index in [4.69, 9.17) is 14.7 Å². The molecule has 6 heteroatoms. The first-order valence-corrected chi connectivity index (χ1v) is 10.7. The van der Waals surface area contributed by atoms with Crippen molar-refractivity contribution in [2.75, 3.05) is 6.61 Å². The zero-order chi connectivity index (χ0) is 22.1. The molecule has 0 aliphatic rings. The fourth-order valence-electron chi connectivity index (χ4n) is 3.49. The van der Waals surface area contributed by atoms with Crippen LogP contribution in [-0.4, -0.2) is 34.6 Å². The molecule has 0 saturated carbocycles. The lowest BCUT2D eigenvalue weighted by atomic mass is 10.1. The fraction of sp³-hybridized carbons (Fsp3) is 0.360. The van der Waals surface area contributed by atoms with E-state index in [9.17, 15) is 4.79 Å². The highest BCUT2D eigenvalue weighted by Crippen LogP contribution is 2.22. The predicted octanol–water partition coefficient (Wildman–Crippen LogP) is 5.22. The Morgan fingerprint density at radius 3 is 2.84 bits per heavy atom. The van der Waals surface area contributed by atoms with Crippen LogP contribution in [0.1, 0.15) is 37.3 Å². The zero-order valence-corrected chi connectivity index (χ0v) is 18.2. The smallest absolute Gasteiger partial charge is 0.344 e. The number of aromatic nitrogens is 1. The molecule has 0 radical (unpaired) electrons. The van der Waals surface area contributed by atoms with Gasteiger partial charge < -0.3 is 19.2 Å². The molecule has 0 fully saturated rings. The Hall–Kier alpha value is -3.28. The SMILES string of the molecule is CCC(Oc1ccc(CCCC=NOCCn2ccc3ccccc32)cc1C)C(=O)O. The summed E-state index contributed by atoms with van der Waals surface area (Å²) in [6.07, 6.45) is 6.22. The normalized spacial score (nSPS) is 12.3. The van der Waals surface area contributed by atoms with Crippen LogP contribution in [0.25, 0.3) is 10.9 Å². The summed E-state index contributed by atoms with van der Waals surface area (Å²) in [6, 6.07) is 16.3. The Balaban J connectivity index is 1.36. The number of rotatable bonds is 12. The van der Waals surface area contributed by atoms with E-state index in [0.29, 0.717) is 18.8 Å². The lowest BCUT2D eigenvalue weighted by Crippen LogP contribution is -2.26. The Morgan fingerprint density at radius 2 is 2.06 bits per heavy atom. The van der Waals surface area contributed by atoms with Gasteiger partial charge in [-0.2, -0.15) is 0 Å². The lowest BCUT2D eigenvalue weighted by molar-refractivity contribution is -0.145. The minimum absolute atomic E-state index is 0.431. The van der Waals surface area contributed by atoms with Crippen LogP contribution in [0.3, 0.4) is 0 Å². The van der Waals surface area contributed by atoms with Gasteiger partial charge in [0.15, 0.2) is 6.10 Å². The summed E-state index contributed by atoms with van der Waals surface area (Å²) < 4.78 is 7.77. The number of fused-ring (bicyclic) bond motifs is 1. The van der Waals surface area contributed by atoms with Gasteiger partial charge in [0.05, 0.1) is 6.54 Å². The summed E-state index contributed by atoms with van der Waals surface area (Å²) in [4.78, 5) is 16.5. The first-order chi connectivity index (χ1) is 15.1. The minimum Gasteiger partial charge on any atom is -0.479 e. The molecule has 2 aromatic carbocycles. The molecule has 0 aliphatic heterocycles. The van der Waals surface area contributed by atoms with E-state index in [1.165, 1.54) is 16.5 Å². The summed E-state index contributed by atoms with van der Waals surface area (Å²) in [7, 11) is 0. The van der Waals surface area contributed by atoms with Crippen molar-refractivity contribution in [3.63, 3.8) is 0 Å². The van der Waals surface area contributed by atoms with Crippen molar-refractivity contribution >= 4 is 23.1 Å². The van der Waals surface area contributed by atoms with Crippen molar-refractivity contribution in [1.82, 2.24) is 4.57 Å². The molecule has 1 heterocycles. The number of aryl methyl sites for hydroxylation is 2. The van der Waals surface area contributed by atoms with Gasteiger partial charge in [-0.15, -0.1) is 0 Å². The standard InChI is InChI=1S/C25H30N2O4/c1-3-23(25(28)29)31-24-12-11-20(18-19(24)2)8-6-7-14-26-30-17-16-27-15-13-21-9-4-5-10-22(21)27/h4-5,9-15,18,23H,3,6-8,16-17H2,1-2H3,(H,28,29). The first kappa shape index (κ1) is 22.4. The highest BCUT2D eigenvalue weighted by atomic mass is 16.6. The number of hydrogen-bond donors (Lipinski definition) is 1. The number of unbranched alkanes of at least 4 members (excludes halogenated alkanes) is 1. The molecule has 0 saturated heterocycles. The molecule has 3 rings (SSSR count). The largest absolute Gasteiger partial charge is 0.479 e. The summed E-state index contributed by atoms with van der Waals surface area (Å²) >= 11 is 0. The molecular formula is C25H30N2O4. The average Bonchev–Trinajstić information content (AvgIpc) is 3.18. The van der Waals surface area contributed by atoms with E-state index in [1.807, 2.05) is 37.4 Å². The van der Waals surface area contributed by atoms with E-state index in [0.717, 1.165) is 31.4 Å². The zero-order valence-electron chi connectivity index (χ0n) is 18.2. The molecule has 31 heavy (non-hydrogen) atoms. The second kappa shape index (κ2) is 11.2. The van der Waals surface area contributed by atoms with Crippen LogP contribution < -0.4 is 4.74 Å². The van der Waals surface area contributed by atoms with Crippen LogP contribution in [0.4, 0.5) is 0 Å². The molecule has 0 bridgehead atoms. The Morgan fingerprint density at radius 1 is 1.23 bits per heavy atom. The number of ether oxygens (including phenoxy) is 1.